The van der Waals surface area contributed by atoms with Crippen LogP contribution in [-0.2, 0) is 18.3 Å². The number of rotatable bonds is 4. The molecule has 0 amide bonds. The lowest BCUT2D eigenvalue weighted by Gasteiger charge is -2.10. The molecule has 72 valence electrons. The van der Waals surface area contributed by atoms with Gasteiger partial charge < -0.3 is 4.74 Å². The van der Waals surface area contributed by atoms with Crippen LogP contribution in [0.3, 0.4) is 0 Å². The van der Waals surface area contributed by atoms with E-state index in [4.69, 9.17) is 17.1 Å². The third-order valence-electron chi connectivity index (χ3n) is 2.00. The van der Waals surface area contributed by atoms with Gasteiger partial charge in [-0.1, -0.05) is 6.92 Å². The highest BCUT2D eigenvalue weighted by molar-refractivity contribution is 7.33. The Hall–Kier alpha value is 0.0449. The van der Waals surface area contributed by atoms with Crippen molar-refractivity contribution >= 4 is 16.1 Å². The van der Waals surface area contributed by atoms with Gasteiger partial charge in [0.1, 0.15) is 14.0 Å². The van der Waals surface area contributed by atoms with E-state index in [2.05, 4.69) is 4.52 Å². The summed E-state index contributed by atoms with van der Waals surface area (Å²) in [5.41, 5.74) is 0. The molecule has 1 aliphatic heterocycles. The first-order valence-electron chi connectivity index (χ1n) is 4.26. The molecule has 0 N–H and O–H groups in total. The molecule has 1 saturated heterocycles. The summed E-state index contributed by atoms with van der Waals surface area (Å²) in [4.78, 5) is 0. The van der Waals surface area contributed by atoms with Crippen LogP contribution in [0.25, 0.3) is 0 Å². The fraction of sp³-hybridized carbons (Fsp3) is 1.00. The molecule has 1 unspecified atom stereocenters. The first-order chi connectivity index (χ1) is 6.17. The number of hydrogen-bond acceptors (Lipinski definition) is 4. The highest BCUT2D eigenvalue weighted by Crippen LogP contribution is 2.33. The minimum Gasteiger partial charge on any atom is -0.382 e. The van der Waals surface area contributed by atoms with E-state index >= 15 is 0 Å². The molecule has 0 aromatic heterocycles. The van der Waals surface area contributed by atoms with Crippen molar-refractivity contribution in [2.45, 2.75) is 38.0 Å². The smallest absolute Gasteiger partial charge is 0.382 e. The molecule has 4 atom stereocenters. The summed E-state index contributed by atoms with van der Waals surface area (Å²) >= 11 is 0. The Morgan fingerprint density at radius 2 is 2.38 bits per heavy atom. The predicted molar refractivity (Wildman–Crippen MR) is 48.8 cm³/mol. The maximum atomic E-state index is 10.9. The zero-order chi connectivity index (χ0) is 9.84. The minimum absolute atomic E-state index is 0.0656. The van der Waals surface area contributed by atoms with Crippen LogP contribution in [0.2, 0.25) is 0 Å². The van der Waals surface area contributed by atoms with Crippen molar-refractivity contribution in [2.24, 2.45) is 0 Å². The van der Waals surface area contributed by atoms with Crippen LogP contribution in [0, 0.1) is 0 Å². The van der Waals surface area contributed by atoms with Gasteiger partial charge in [-0.2, -0.15) is 0 Å². The normalized spacial score (nSPS) is 34.9. The Balaban J connectivity index is 2.43. The third-order valence-corrected chi connectivity index (χ3v) is 2.74. The summed E-state index contributed by atoms with van der Waals surface area (Å²) < 4.78 is 25.9. The molecule has 0 bridgehead atoms. The summed E-state index contributed by atoms with van der Waals surface area (Å²) in [7, 11) is 4.89. The zero-order valence-corrected chi connectivity index (χ0v) is 8.70. The maximum absolute atomic E-state index is 10.9. The lowest BCUT2D eigenvalue weighted by Crippen LogP contribution is -2.21. The van der Waals surface area contributed by atoms with Gasteiger partial charge in [-0.05, 0) is 12.8 Å². The first kappa shape index (κ1) is 11.1. The molecule has 6 heteroatoms. The molecule has 0 spiro atoms. The van der Waals surface area contributed by atoms with Crippen LogP contribution in [0.15, 0.2) is 0 Å². The molecule has 0 aromatic carbocycles. The second-order valence-corrected chi connectivity index (χ2v) is 3.93. The average molecular weight is 203 g/mol. The third kappa shape index (κ3) is 3.02. The van der Waals surface area contributed by atoms with Gasteiger partial charge in [0.2, 0.25) is 0 Å². The predicted octanol–water partition coefficient (Wildman–Crippen LogP) is 1.37. The molecular weight excluding hydrogens is 190 g/mol. The Labute approximate surface area is 80.3 Å². The van der Waals surface area contributed by atoms with Gasteiger partial charge in [-0.15, -0.1) is 9.05 Å². The lowest BCUT2D eigenvalue weighted by molar-refractivity contribution is 0.0377. The van der Waals surface area contributed by atoms with Crippen molar-refractivity contribution in [1.29, 1.82) is 0 Å². The van der Waals surface area contributed by atoms with E-state index in [9.17, 15) is 4.57 Å². The van der Waals surface area contributed by atoms with Gasteiger partial charge in [0.05, 0.1) is 13.2 Å². The zero-order valence-electron chi connectivity index (χ0n) is 7.80. The summed E-state index contributed by atoms with van der Waals surface area (Å²) in [6.45, 7) is 1.97. The summed E-state index contributed by atoms with van der Waals surface area (Å²) in [6, 6.07) is -0.310. The van der Waals surface area contributed by atoms with Crippen LogP contribution < -0.4 is 0 Å². The van der Waals surface area contributed by atoms with E-state index in [1.807, 2.05) is 6.92 Å². The van der Waals surface area contributed by atoms with Crippen LogP contribution in [0.5, 0.6) is 0 Å². The molecule has 1 fully saturated rings. The largest absolute Gasteiger partial charge is 0.697 e. The van der Waals surface area contributed by atoms with Crippen molar-refractivity contribution in [3.8, 4) is 0 Å². The Morgan fingerprint density at radius 3 is 2.92 bits per heavy atom. The molecular formula is C7H13BO4P+. The van der Waals surface area contributed by atoms with E-state index in [0.717, 1.165) is 6.42 Å². The van der Waals surface area contributed by atoms with Gasteiger partial charge in [0, 0.05) is 10.6 Å². The van der Waals surface area contributed by atoms with Crippen LogP contribution >= 0.6 is 8.25 Å². The molecule has 0 aromatic rings. The SMILES string of the molecule is [B][C@H]1C[C@@H](O[P+](=O)OC)[C@@H](CC)O1. The summed E-state index contributed by atoms with van der Waals surface area (Å²) in [5, 5.41) is 0. The molecule has 4 nitrogen and oxygen atoms in total. The van der Waals surface area contributed by atoms with Crippen molar-refractivity contribution in [2.75, 3.05) is 7.11 Å². The Kier molecular flexibility index (Phi) is 4.33. The van der Waals surface area contributed by atoms with Crippen LogP contribution in [0.4, 0.5) is 0 Å². The second-order valence-electron chi connectivity index (χ2n) is 2.91. The summed E-state index contributed by atoms with van der Waals surface area (Å²) in [5.74, 6) is 0. The molecule has 0 saturated carbocycles. The molecule has 1 rings (SSSR count). The average Bonchev–Trinajstić information content (AvgIpc) is 2.46. The van der Waals surface area contributed by atoms with Gasteiger partial charge in [-0.25, -0.2) is 0 Å². The van der Waals surface area contributed by atoms with E-state index in [0.29, 0.717) is 6.42 Å². The minimum atomic E-state index is -2.03. The maximum Gasteiger partial charge on any atom is 0.697 e. The summed E-state index contributed by atoms with van der Waals surface area (Å²) in [6.07, 6.45) is 1.10. The number of hydrogen-bond donors (Lipinski definition) is 0. The highest BCUT2D eigenvalue weighted by atomic mass is 31.1. The monoisotopic (exact) mass is 203 g/mol. The van der Waals surface area contributed by atoms with E-state index in [1.54, 1.807) is 0 Å². The van der Waals surface area contributed by atoms with E-state index in [1.165, 1.54) is 7.11 Å². The van der Waals surface area contributed by atoms with Crippen molar-refractivity contribution in [3.05, 3.63) is 0 Å². The van der Waals surface area contributed by atoms with Gasteiger partial charge in [0.25, 0.3) is 0 Å². The Bertz CT molecular complexity index is 189. The van der Waals surface area contributed by atoms with Crippen molar-refractivity contribution in [3.63, 3.8) is 0 Å². The highest BCUT2D eigenvalue weighted by Gasteiger charge is 2.39. The molecule has 13 heavy (non-hydrogen) atoms. The van der Waals surface area contributed by atoms with Gasteiger partial charge >= 0.3 is 8.25 Å². The molecule has 1 heterocycles. The first-order valence-corrected chi connectivity index (χ1v) is 5.36. The van der Waals surface area contributed by atoms with Crippen LogP contribution in [0.1, 0.15) is 19.8 Å². The van der Waals surface area contributed by atoms with Crippen molar-refractivity contribution in [1.82, 2.24) is 0 Å². The Morgan fingerprint density at radius 1 is 1.69 bits per heavy atom. The van der Waals surface area contributed by atoms with Gasteiger partial charge in [-0.3, -0.25) is 0 Å². The lowest BCUT2D eigenvalue weighted by atomic mass is 9.96. The van der Waals surface area contributed by atoms with Gasteiger partial charge in [0.15, 0.2) is 0 Å². The molecule has 2 radical (unpaired) electrons. The quantitative estimate of drug-likeness (QED) is 0.511. The fourth-order valence-corrected chi connectivity index (χ4v) is 1.90. The van der Waals surface area contributed by atoms with E-state index < -0.39 is 8.25 Å². The fourth-order valence-electron chi connectivity index (χ4n) is 1.37. The van der Waals surface area contributed by atoms with Crippen LogP contribution in [-0.4, -0.2) is 33.2 Å². The molecule has 1 aliphatic rings. The topological polar surface area (TPSA) is 44.8 Å². The van der Waals surface area contributed by atoms with E-state index in [-0.39, 0.29) is 18.2 Å². The number of ether oxygens (including phenoxy) is 1. The van der Waals surface area contributed by atoms with Crippen molar-refractivity contribution < 1.29 is 18.3 Å². The second kappa shape index (κ2) is 5.06. The molecule has 0 aliphatic carbocycles. The standard InChI is InChI=1S/C7H13BO4P/c1-3-5-6(4-7(8)11-5)12-13(9)10-2/h5-7H,3-4H2,1-2H3/q+1/t5-,6-,7-/m1/s1.